The first-order chi connectivity index (χ1) is 31.9. The zero-order chi connectivity index (χ0) is 46.9. The fraction of sp³-hybridized carbons (Fsp3) is 0.0204. The molecular formula is C49H29F7Ir3N8O2-4. The fourth-order valence-corrected chi connectivity index (χ4v) is 5.49. The van der Waals surface area contributed by atoms with Crippen molar-refractivity contribution in [3.63, 3.8) is 0 Å². The maximum Gasteiger partial charge on any atom is 0.429 e. The number of rotatable bonds is 4. The number of aromatic carboxylic acids is 1. The van der Waals surface area contributed by atoms with E-state index in [2.05, 4.69) is 82.6 Å². The van der Waals surface area contributed by atoms with Crippen molar-refractivity contribution in [2.45, 2.75) is 6.18 Å². The van der Waals surface area contributed by atoms with E-state index in [0.29, 0.717) is 11.4 Å². The van der Waals surface area contributed by atoms with Crippen molar-refractivity contribution in [1.29, 1.82) is 0 Å². The number of nitrogens with zero attached hydrogens (tertiary/aromatic N) is 8. The smallest absolute Gasteiger partial charge is 0.429 e. The van der Waals surface area contributed by atoms with Crippen molar-refractivity contribution >= 4 is 27.6 Å². The second kappa shape index (κ2) is 27.9. The van der Waals surface area contributed by atoms with Crippen LogP contribution in [-0.4, -0.2) is 46.1 Å². The number of carboxylic acids is 1. The van der Waals surface area contributed by atoms with E-state index in [4.69, 9.17) is 5.11 Å². The molecule has 10 aromatic rings. The molecule has 10 nitrogen and oxygen atoms in total. The second-order valence-electron chi connectivity index (χ2n) is 13.0. The molecule has 0 saturated heterocycles. The third kappa shape index (κ3) is 16.7. The van der Waals surface area contributed by atoms with Crippen molar-refractivity contribution in [2.75, 3.05) is 0 Å². The number of carboxylic acid groups (broad SMARTS) is 1. The molecule has 4 aromatic carbocycles. The molecule has 3 radical (unpaired) electrons. The van der Waals surface area contributed by atoms with Gasteiger partial charge in [-0.05, 0) is 70.6 Å². The van der Waals surface area contributed by atoms with Gasteiger partial charge in [0.1, 0.15) is 11.5 Å². The zero-order valence-corrected chi connectivity index (χ0v) is 41.9. The molecule has 20 heteroatoms. The van der Waals surface area contributed by atoms with Crippen LogP contribution in [0, 0.1) is 41.5 Å². The van der Waals surface area contributed by atoms with Gasteiger partial charge < -0.3 is 30.1 Å². The summed E-state index contributed by atoms with van der Waals surface area (Å²) in [6.07, 6.45) is 3.24. The molecule has 0 aliphatic rings. The molecule has 0 atom stereocenters. The standard InChI is InChI=1S/C13H8N.2C11H6F2N.C8H4F3N4.C6H5NO2.3Ir/c1-2-6-12-10(4-1)7-8-11-5-3-9-14-13(11)12;2*12-8-4-5-9(10(13)7-8)11-3-1-2-6-14-11;9-8(10,11)7-13-6(14-15-7)5-3-1-2-4-12-5;8-6(9)5-3-1-2-4-7-5;;;/h1-5,7-9H;2*1-4,6-7H;1-4H;1-4H,(H,8,9);;;/q4*-1;;;;. The monoisotopic (exact) mass is 1470 g/mol. The van der Waals surface area contributed by atoms with Gasteiger partial charge in [0.05, 0.1) is 5.69 Å². The first-order valence-corrected chi connectivity index (χ1v) is 19.1. The maximum atomic E-state index is 13.2. The van der Waals surface area contributed by atoms with Crippen molar-refractivity contribution in [2.24, 2.45) is 0 Å². The third-order valence-corrected chi connectivity index (χ3v) is 8.45. The van der Waals surface area contributed by atoms with Crippen LogP contribution in [0.4, 0.5) is 30.7 Å². The summed E-state index contributed by atoms with van der Waals surface area (Å²) < 4.78 is 88.0. The van der Waals surface area contributed by atoms with Crippen molar-refractivity contribution in [3.8, 4) is 34.0 Å². The largest absolute Gasteiger partial charge is 0.477 e. The third-order valence-electron chi connectivity index (χ3n) is 8.45. The quantitative estimate of drug-likeness (QED) is 0.103. The molecule has 6 heterocycles. The molecular weight excluding hydrogens is 1440 g/mol. The molecule has 357 valence electrons. The predicted molar refractivity (Wildman–Crippen MR) is 230 cm³/mol. The Morgan fingerprint density at radius 1 is 0.551 bits per heavy atom. The van der Waals surface area contributed by atoms with Gasteiger partial charge in [0.15, 0.2) is 0 Å². The summed E-state index contributed by atoms with van der Waals surface area (Å²) in [7, 11) is 0. The van der Waals surface area contributed by atoms with Gasteiger partial charge in [-0.3, -0.25) is 27.6 Å². The molecule has 1 N–H and O–H groups in total. The molecule has 6 aromatic heterocycles. The van der Waals surface area contributed by atoms with Crippen molar-refractivity contribution in [3.05, 3.63) is 223 Å². The number of benzene rings is 4. The van der Waals surface area contributed by atoms with E-state index < -0.39 is 41.2 Å². The van der Waals surface area contributed by atoms with Crippen LogP contribution >= 0.6 is 0 Å². The molecule has 0 aliphatic heterocycles. The van der Waals surface area contributed by atoms with E-state index in [1.807, 2.05) is 24.4 Å². The Hall–Kier alpha value is -6.78. The molecule has 0 bridgehead atoms. The van der Waals surface area contributed by atoms with Crippen LogP contribution in [0.25, 0.3) is 55.7 Å². The van der Waals surface area contributed by atoms with E-state index in [1.54, 1.807) is 73.1 Å². The SMILES string of the molecule is FC(F)(F)c1n[n-]c(-c2ccccn2)n1.Fc1c[c-]c(-c2ccccn2)c(F)c1.Fc1c[c-]c(-c2ccccn2)c(F)c1.O=C(O)c1ccccn1.[Ir].[Ir].[Ir].[c-]1cccc2ccc3cccnc3c12. The summed E-state index contributed by atoms with van der Waals surface area (Å²) in [6, 6.07) is 46.1. The summed E-state index contributed by atoms with van der Waals surface area (Å²) >= 11 is 0. The summed E-state index contributed by atoms with van der Waals surface area (Å²) in [4.78, 5) is 33.0. The Morgan fingerprint density at radius 2 is 1.04 bits per heavy atom. The summed E-state index contributed by atoms with van der Waals surface area (Å²) in [6.45, 7) is 0. The minimum absolute atomic E-state index is 0. The van der Waals surface area contributed by atoms with Gasteiger partial charge >= 0.3 is 12.1 Å². The topological polar surface area (TPSA) is 142 Å². The number of hydrogen-bond acceptors (Lipinski definition) is 8. The first kappa shape index (κ1) is 56.5. The van der Waals surface area contributed by atoms with E-state index in [0.717, 1.165) is 35.2 Å². The predicted octanol–water partition coefficient (Wildman–Crippen LogP) is 11.1. The van der Waals surface area contributed by atoms with Gasteiger partial charge in [0.2, 0.25) is 0 Å². The number of fused-ring (bicyclic) bond motifs is 3. The van der Waals surface area contributed by atoms with Crippen LogP contribution in [0.3, 0.4) is 0 Å². The minimum atomic E-state index is -4.57. The second-order valence-corrected chi connectivity index (χ2v) is 13.0. The van der Waals surface area contributed by atoms with Crippen molar-refractivity contribution < 1.29 is 101 Å². The van der Waals surface area contributed by atoms with Gasteiger partial charge in [-0.1, -0.05) is 77.9 Å². The number of carbonyl (C=O) groups is 1. The molecule has 0 aliphatic carbocycles. The Morgan fingerprint density at radius 3 is 1.49 bits per heavy atom. The van der Waals surface area contributed by atoms with E-state index in [9.17, 15) is 35.5 Å². The molecule has 10 rings (SSSR count). The normalized spacial score (nSPS) is 10.0. The minimum Gasteiger partial charge on any atom is -0.477 e. The molecule has 0 amide bonds. The van der Waals surface area contributed by atoms with Gasteiger partial charge in [0.25, 0.3) is 0 Å². The first-order valence-electron chi connectivity index (χ1n) is 19.1. The molecule has 0 unspecified atom stereocenters. The van der Waals surface area contributed by atoms with Crippen LogP contribution in [-0.2, 0) is 66.5 Å². The number of pyridine rings is 5. The van der Waals surface area contributed by atoms with E-state index in [1.165, 1.54) is 35.3 Å². The Bertz CT molecular complexity index is 2990. The molecule has 0 saturated carbocycles. The molecule has 0 spiro atoms. The van der Waals surface area contributed by atoms with Crippen LogP contribution in [0.1, 0.15) is 16.3 Å². The Kier molecular flexibility index (Phi) is 22.9. The van der Waals surface area contributed by atoms with Crippen LogP contribution < -0.4 is 5.10 Å². The van der Waals surface area contributed by atoms with E-state index >= 15 is 0 Å². The maximum absolute atomic E-state index is 13.2. The molecule has 0 fully saturated rings. The van der Waals surface area contributed by atoms with Crippen LogP contribution in [0.5, 0.6) is 0 Å². The average Bonchev–Trinajstić information content (AvgIpc) is 3.86. The number of hydrogen-bond donors (Lipinski definition) is 1. The van der Waals surface area contributed by atoms with Gasteiger partial charge in [0, 0.05) is 115 Å². The summed E-state index contributed by atoms with van der Waals surface area (Å²) in [5.41, 5.74) is 2.65. The van der Waals surface area contributed by atoms with Gasteiger partial charge in [-0.2, -0.15) is 13.2 Å². The summed E-state index contributed by atoms with van der Waals surface area (Å²) in [5.74, 6) is -4.93. The average molecular weight is 1470 g/mol. The van der Waals surface area contributed by atoms with Crippen LogP contribution in [0.15, 0.2) is 171 Å². The Labute approximate surface area is 429 Å². The fourth-order valence-electron chi connectivity index (χ4n) is 5.49. The number of aromatic nitrogens is 8. The number of alkyl halides is 3. The van der Waals surface area contributed by atoms with Gasteiger partial charge in [-0.25, -0.2) is 9.78 Å². The van der Waals surface area contributed by atoms with Crippen LogP contribution in [0.2, 0.25) is 0 Å². The number of halogens is 7. The molecule has 69 heavy (non-hydrogen) atoms. The van der Waals surface area contributed by atoms with Crippen molar-refractivity contribution in [1.82, 2.24) is 40.1 Å². The summed E-state index contributed by atoms with van der Waals surface area (Å²) in [5, 5.41) is 18.0. The van der Waals surface area contributed by atoms with E-state index in [-0.39, 0.29) is 88.7 Å². The zero-order valence-electron chi connectivity index (χ0n) is 34.7. The van der Waals surface area contributed by atoms with Gasteiger partial charge in [-0.15, -0.1) is 59.3 Å². The Balaban J connectivity index is 0.000000228.